The van der Waals surface area contributed by atoms with Crippen LogP contribution in [0.5, 0.6) is 0 Å². The van der Waals surface area contributed by atoms with Crippen LogP contribution < -0.4 is 4.90 Å². The molecule has 0 atom stereocenters. The molecule has 120 valence electrons. The highest BCUT2D eigenvalue weighted by molar-refractivity contribution is 5.65. The first kappa shape index (κ1) is 18.3. The SMILES string of the molecule is CC(C)(C)C.CC(C)(C)N(c1ccccc1)c1ccccc1. The van der Waals surface area contributed by atoms with Gasteiger partial charge in [-0.15, -0.1) is 0 Å². The van der Waals surface area contributed by atoms with Crippen LogP contribution in [0.3, 0.4) is 0 Å². The minimum absolute atomic E-state index is 0.0582. The summed E-state index contributed by atoms with van der Waals surface area (Å²) in [4.78, 5) is 2.35. The smallest absolute Gasteiger partial charge is 0.0415 e. The Morgan fingerprint density at radius 2 is 0.818 bits per heavy atom. The molecule has 0 saturated heterocycles. The van der Waals surface area contributed by atoms with Crippen LogP contribution in [-0.4, -0.2) is 5.54 Å². The highest BCUT2D eigenvalue weighted by Gasteiger charge is 2.22. The number of rotatable bonds is 2. The Balaban J connectivity index is 0.000000422. The van der Waals surface area contributed by atoms with Crippen molar-refractivity contribution in [3.8, 4) is 0 Å². The lowest BCUT2D eigenvalue weighted by molar-refractivity contribution is 0.469. The number of benzene rings is 2. The number of hydrogen-bond donors (Lipinski definition) is 0. The zero-order valence-corrected chi connectivity index (χ0v) is 15.2. The van der Waals surface area contributed by atoms with Gasteiger partial charge in [0.25, 0.3) is 0 Å². The van der Waals surface area contributed by atoms with Crippen LogP contribution in [0.4, 0.5) is 11.4 Å². The Labute approximate surface area is 137 Å². The van der Waals surface area contributed by atoms with Crippen molar-refractivity contribution in [3.05, 3.63) is 60.7 Å². The molecule has 0 fully saturated rings. The molecule has 0 amide bonds. The molecule has 0 heterocycles. The summed E-state index contributed by atoms with van der Waals surface area (Å²) < 4.78 is 0. The van der Waals surface area contributed by atoms with E-state index in [4.69, 9.17) is 0 Å². The molecule has 2 aromatic carbocycles. The number of nitrogens with zero attached hydrogens (tertiary/aromatic N) is 1. The van der Waals surface area contributed by atoms with Crippen LogP contribution in [0, 0.1) is 5.41 Å². The average molecular weight is 297 g/mol. The van der Waals surface area contributed by atoms with Crippen LogP contribution in [0.15, 0.2) is 60.7 Å². The van der Waals surface area contributed by atoms with Crippen LogP contribution in [0.25, 0.3) is 0 Å². The van der Waals surface area contributed by atoms with Gasteiger partial charge >= 0.3 is 0 Å². The molecule has 0 aliphatic carbocycles. The first-order valence-corrected chi connectivity index (χ1v) is 7.99. The fourth-order valence-corrected chi connectivity index (χ4v) is 2.08. The summed E-state index contributed by atoms with van der Waals surface area (Å²) in [6.07, 6.45) is 0. The molecule has 1 heteroatoms. The molecule has 0 N–H and O–H groups in total. The summed E-state index contributed by atoms with van der Waals surface area (Å²) in [5, 5.41) is 0. The predicted octanol–water partition coefficient (Wildman–Crippen LogP) is 6.68. The van der Waals surface area contributed by atoms with E-state index in [9.17, 15) is 0 Å². The van der Waals surface area contributed by atoms with Crippen molar-refractivity contribution in [2.75, 3.05) is 4.90 Å². The molecular formula is C21H31N. The Bertz CT molecular complexity index is 484. The van der Waals surface area contributed by atoms with Gasteiger partial charge in [-0.2, -0.15) is 0 Å². The summed E-state index contributed by atoms with van der Waals surface area (Å²) in [7, 11) is 0. The topological polar surface area (TPSA) is 3.24 Å². The molecule has 0 bridgehead atoms. The highest BCUT2D eigenvalue weighted by atomic mass is 15.2. The molecule has 0 radical (unpaired) electrons. The third kappa shape index (κ3) is 6.80. The second-order valence-corrected chi connectivity index (χ2v) is 8.18. The van der Waals surface area contributed by atoms with E-state index in [2.05, 4.69) is 114 Å². The Morgan fingerprint density at radius 1 is 0.545 bits per heavy atom. The van der Waals surface area contributed by atoms with Gasteiger partial charge in [-0.25, -0.2) is 0 Å². The monoisotopic (exact) mass is 297 g/mol. The zero-order chi connectivity index (χ0) is 16.8. The van der Waals surface area contributed by atoms with Gasteiger partial charge in [0.05, 0.1) is 0 Å². The molecule has 0 aliphatic rings. The van der Waals surface area contributed by atoms with E-state index in [0.717, 1.165) is 0 Å². The number of anilines is 2. The van der Waals surface area contributed by atoms with Crippen molar-refractivity contribution < 1.29 is 0 Å². The molecule has 0 saturated carbocycles. The normalized spacial score (nSPS) is 11.4. The van der Waals surface area contributed by atoms with Crippen LogP contribution in [0.1, 0.15) is 48.5 Å². The lowest BCUT2D eigenvalue weighted by Gasteiger charge is -2.37. The molecule has 22 heavy (non-hydrogen) atoms. The minimum atomic E-state index is 0.0582. The van der Waals surface area contributed by atoms with Gasteiger partial charge in [0.15, 0.2) is 0 Å². The van der Waals surface area contributed by atoms with E-state index in [-0.39, 0.29) is 5.54 Å². The van der Waals surface area contributed by atoms with E-state index in [1.54, 1.807) is 0 Å². The molecule has 0 unspecified atom stereocenters. The standard InChI is InChI=1S/C16H19N.C5H12/c1-16(2,3)17(14-10-6-4-7-11-14)15-12-8-5-9-13-15;1-5(2,3)4/h4-13H,1-3H3;1-4H3. The summed E-state index contributed by atoms with van der Waals surface area (Å²) in [5.74, 6) is 0. The molecule has 2 aromatic rings. The largest absolute Gasteiger partial charge is 0.336 e. The van der Waals surface area contributed by atoms with Crippen molar-refractivity contribution in [2.45, 2.75) is 54.0 Å². The predicted molar refractivity (Wildman–Crippen MR) is 99.9 cm³/mol. The molecule has 0 spiro atoms. The highest BCUT2D eigenvalue weighted by Crippen LogP contribution is 2.32. The Kier molecular flexibility index (Phi) is 6.22. The van der Waals surface area contributed by atoms with Crippen molar-refractivity contribution in [2.24, 2.45) is 5.41 Å². The fourth-order valence-electron chi connectivity index (χ4n) is 2.08. The van der Waals surface area contributed by atoms with Gasteiger partial charge in [0.1, 0.15) is 0 Å². The zero-order valence-electron chi connectivity index (χ0n) is 15.2. The maximum Gasteiger partial charge on any atom is 0.0415 e. The van der Waals surface area contributed by atoms with Crippen molar-refractivity contribution >= 4 is 11.4 Å². The van der Waals surface area contributed by atoms with Gasteiger partial charge in [0.2, 0.25) is 0 Å². The van der Waals surface area contributed by atoms with E-state index in [0.29, 0.717) is 5.41 Å². The van der Waals surface area contributed by atoms with Crippen LogP contribution >= 0.6 is 0 Å². The summed E-state index contributed by atoms with van der Waals surface area (Å²) >= 11 is 0. The molecular weight excluding hydrogens is 266 g/mol. The van der Waals surface area contributed by atoms with Gasteiger partial charge < -0.3 is 4.90 Å². The quantitative estimate of drug-likeness (QED) is 0.598. The third-order valence-electron chi connectivity index (χ3n) is 2.70. The van der Waals surface area contributed by atoms with E-state index in [1.807, 2.05) is 0 Å². The average Bonchev–Trinajstić information content (AvgIpc) is 2.38. The van der Waals surface area contributed by atoms with Crippen molar-refractivity contribution in [1.29, 1.82) is 0 Å². The number of hydrogen-bond acceptors (Lipinski definition) is 1. The van der Waals surface area contributed by atoms with Gasteiger partial charge in [-0.1, -0.05) is 64.1 Å². The van der Waals surface area contributed by atoms with Gasteiger partial charge in [-0.05, 0) is 50.5 Å². The Hall–Kier alpha value is -1.76. The van der Waals surface area contributed by atoms with Crippen LogP contribution in [0.2, 0.25) is 0 Å². The molecule has 0 aliphatic heterocycles. The van der Waals surface area contributed by atoms with Gasteiger partial charge in [-0.3, -0.25) is 0 Å². The first-order chi connectivity index (χ1) is 10.1. The second kappa shape index (κ2) is 7.49. The first-order valence-electron chi connectivity index (χ1n) is 7.99. The maximum absolute atomic E-state index is 2.35. The number of para-hydroxylation sites is 2. The van der Waals surface area contributed by atoms with Gasteiger partial charge in [0, 0.05) is 16.9 Å². The summed E-state index contributed by atoms with van der Waals surface area (Å²) in [5.41, 5.74) is 3.01. The summed E-state index contributed by atoms with van der Waals surface area (Å²) in [6, 6.07) is 21.0. The lowest BCUT2D eigenvalue weighted by Crippen LogP contribution is -2.37. The molecule has 1 nitrogen and oxygen atoms in total. The van der Waals surface area contributed by atoms with E-state index in [1.165, 1.54) is 11.4 Å². The molecule has 2 rings (SSSR count). The Morgan fingerprint density at radius 3 is 1.05 bits per heavy atom. The van der Waals surface area contributed by atoms with Crippen molar-refractivity contribution in [1.82, 2.24) is 0 Å². The van der Waals surface area contributed by atoms with E-state index < -0.39 is 0 Å². The van der Waals surface area contributed by atoms with Crippen molar-refractivity contribution in [3.63, 3.8) is 0 Å². The summed E-state index contributed by atoms with van der Waals surface area (Å²) in [6.45, 7) is 15.4. The van der Waals surface area contributed by atoms with E-state index >= 15 is 0 Å². The molecule has 0 aromatic heterocycles. The minimum Gasteiger partial charge on any atom is -0.336 e. The third-order valence-corrected chi connectivity index (χ3v) is 2.70. The second-order valence-electron chi connectivity index (χ2n) is 8.18. The fraction of sp³-hybridized carbons (Fsp3) is 0.429. The lowest BCUT2D eigenvalue weighted by atomic mass is 10.0. The maximum atomic E-state index is 2.35. The van der Waals surface area contributed by atoms with Crippen LogP contribution in [-0.2, 0) is 0 Å².